The van der Waals surface area contributed by atoms with E-state index in [4.69, 9.17) is 5.73 Å². The second-order valence-electron chi connectivity index (χ2n) is 5.24. The molecule has 0 saturated carbocycles. The van der Waals surface area contributed by atoms with E-state index in [1.165, 1.54) is 12.1 Å². The summed E-state index contributed by atoms with van der Waals surface area (Å²) in [6.07, 6.45) is 1.32. The molecule has 0 spiro atoms. The SMILES string of the molecule is CCC(CC)(CN)C(=O)NC(C)c1cccc([N+](=O)[O-])c1.Cl. The zero-order valence-electron chi connectivity index (χ0n) is 13.2. The van der Waals surface area contributed by atoms with Gasteiger partial charge in [-0.05, 0) is 25.3 Å². The number of nitrogens with one attached hydrogen (secondary N) is 1. The van der Waals surface area contributed by atoms with E-state index in [-0.39, 0.29) is 36.6 Å². The molecule has 0 aliphatic carbocycles. The number of rotatable bonds is 7. The van der Waals surface area contributed by atoms with Gasteiger partial charge in [0, 0.05) is 18.7 Å². The number of carbonyl (C=O) groups is 1. The minimum atomic E-state index is -0.574. The van der Waals surface area contributed by atoms with Gasteiger partial charge >= 0.3 is 0 Å². The summed E-state index contributed by atoms with van der Waals surface area (Å²) in [5.41, 5.74) is 5.91. The number of nitro benzene ring substituents is 1. The summed E-state index contributed by atoms with van der Waals surface area (Å²) in [4.78, 5) is 22.8. The Hall–Kier alpha value is -1.66. The maximum absolute atomic E-state index is 12.4. The molecule has 1 unspecified atom stereocenters. The van der Waals surface area contributed by atoms with Crippen LogP contribution < -0.4 is 11.1 Å². The third kappa shape index (κ3) is 4.42. The summed E-state index contributed by atoms with van der Waals surface area (Å²) >= 11 is 0. The van der Waals surface area contributed by atoms with E-state index >= 15 is 0 Å². The molecule has 1 rings (SSSR count). The van der Waals surface area contributed by atoms with Crippen LogP contribution in [0, 0.1) is 15.5 Å². The molecule has 1 amide bonds. The Balaban J connectivity index is 0.00000441. The van der Waals surface area contributed by atoms with Crippen LogP contribution in [-0.2, 0) is 4.79 Å². The van der Waals surface area contributed by atoms with Crippen molar-refractivity contribution in [1.82, 2.24) is 5.32 Å². The maximum Gasteiger partial charge on any atom is 0.269 e. The first-order valence-electron chi connectivity index (χ1n) is 7.15. The zero-order chi connectivity index (χ0) is 16.0. The Morgan fingerprint density at radius 3 is 2.45 bits per heavy atom. The standard InChI is InChI=1S/C15H23N3O3.ClH/c1-4-15(5-2,10-16)14(19)17-11(3)12-7-6-8-13(9-12)18(20)21;/h6-9,11H,4-5,10,16H2,1-3H3,(H,17,19);1H. The summed E-state index contributed by atoms with van der Waals surface area (Å²) in [6.45, 7) is 5.97. The van der Waals surface area contributed by atoms with E-state index < -0.39 is 10.3 Å². The lowest BCUT2D eigenvalue weighted by molar-refractivity contribution is -0.384. The molecule has 0 bridgehead atoms. The average molecular weight is 330 g/mol. The number of amides is 1. The number of carbonyl (C=O) groups excluding carboxylic acids is 1. The first kappa shape index (κ1) is 20.3. The lowest BCUT2D eigenvalue weighted by Crippen LogP contribution is -2.46. The Bertz CT molecular complexity index is 510. The van der Waals surface area contributed by atoms with Gasteiger partial charge in [0.25, 0.3) is 5.69 Å². The second kappa shape index (κ2) is 8.70. The van der Waals surface area contributed by atoms with Gasteiger partial charge in [0.1, 0.15) is 0 Å². The number of nitrogens with two attached hydrogens (primary N) is 1. The van der Waals surface area contributed by atoms with Gasteiger partial charge in [0.15, 0.2) is 0 Å². The number of hydrogen-bond acceptors (Lipinski definition) is 4. The molecule has 3 N–H and O–H groups in total. The quantitative estimate of drug-likeness (QED) is 0.593. The number of benzene rings is 1. The minimum Gasteiger partial charge on any atom is -0.349 e. The van der Waals surface area contributed by atoms with E-state index in [0.29, 0.717) is 18.4 Å². The van der Waals surface area contributed by atoms with Crippen LogP contribution in [0.1, 0.15) is 45.2 Å². The molecule has 6 nitrogen and oxygen atoms in total. The van der Waals surface area contributed by atoms with Crippen LogP contribution in [0.2, 0.25) is 0 Å². The molecular formula is C15H24ClN3O3. The van der Waals surface area contributed by atoms with Crippen molar-refractivity contribution in [2.75, 3.05) is 6.54 Å². The van der Waals surface area contributed by atoms with Gasteiger partial charge in [-0.2, -0.15) is 0 Å². The smallest absolute Gasteiger partial charge is 0.269 e. The fourth-order valence-electron chi connectivity index (χ4n) is 2.29. The van der Waals surface area contributed by atoms with E-state index in [2.05, 4.69) is 5.32 Å². The van der Waals surface area contributed by atoms with Gasteiger partial charge in [0.2, 0.25) is 5.91 Å². The summed E-state index contributed by atoms with van der Waals surface area (Å²) in [5, 5.41) is 13.7. The van der Waals surface area contributed by atoms with Gasteiger partial charge < -0.3 is 11.1 Å². The fraction of sp³-hybridized carbons (Fsp3) is 0.533. The third-order valence-corrected chi connectivity index (χ3v) is 4.15. The molecule has 1 aromatic carbocycles. The summed E-state index contributed by atoms with van der Waals surface area (Å²) < 4.78 is 0. The lowest BCUT2D eigenvalue weighted by Gasteiger charge is -2.30. The van der Waals surface area contributed by atoms with Crippen LogP contribution in [0.4, 0.5) is 5.69 Å². The zero-order valence-corrected chi connectivity index (χ0v) is 14.0. The summed E-state index contributed by atoms with van der Waals surface area (Å²) in [7, 11) is 0. The van der Waals surface area contributed by atoms with E-state index in [0.717, 1.165) is 0 Å². The van der Waals surface area contributed by atoms with Gasteiger partial charge in [-0.1, -0.05) is 26.0 Å². The topological polar surface area (TPSA) is 98.3 Å². The highest BCUT2D eigenvalue weighted by Crippen LogP contribution is 2.27. The first-order chi connectivity index (χ1) is 9.90. The van der Waals surface area contributed by atoms with Crippen molar-refractivity contribution in [3.63, 3.8) is 0 Å². The molecule has 1 atom stereocenters. The summed E-state index contributed by atoms with van der Waals surface area (Å²) in [6, 6.07) is 5.99. The molecule has 0 aliphatic heterocycles. The van der Waals surface area contributed by atoms with Gasteiger partial charge in [-0.25, -0.2) is 0 Å². The van der Waals surface area contributed by atoms with Gasteiger partial charge in [-0.15, -0.1) is 12.4 Å². The molecule has 124 valence electrons. The highest BCUT2D eigenvalue weighted by atomic mass is 35.5. The minimum absolute atomic E-state index is 0. The second-order valence-corrected chi connectivity index (χ2v) is 5.24. The van der Waals surface area contributed by atoms with E-state index in [9.17, 15) is 14.9 Å². The predicted octanol–water partition coefficient (Wildman–Crippen LogP) is 2.96. The molecule has 0 heterocycles. The highest BCUT2D eigenvalue weighted by molar-refractivity contribution is 5.85. The molecule has 1 aromatic rings. The third-order valence-electron chi connectivity index (χ3n) is 4.15. The Labute approximate surface area is 137 Å². The van der Waals surface area contributed by atoms with Crippen LogP contribution in [0.5, 0.6) is 0 Å². The number of halogens is 1. The first-order valence-corrected chi connectivity index (χ1v) is 7.15. The molecule has 0 radical (unpaired) electrons. The normalized spacial score (nSPS) is 12.2. The molecule has 0 aliphatic rings. The van der Waals surface area contributed by atoms with Crippen molar-refractivity contribution < 1.29 is 9.72 Å². The lowest BCUT2D eigenvalue weighted by atomic mass is 9.81. The molecule has 7 heteroatoms. The van der Waals surface area contributed by atoms with Crippen molar-refractivity contribution in [1.29, 1.82) is 0 Å². The Kier molecular flexibility index (Phi) is 8.05. The van der Waals surface area contributed by atoms with Crippen molar-refractivity contribution >= 4 is 24.0 Å². The van der Waals surface area contributed by atoms with Crippen LogP contribution >= 0.6 is 12.4 Å². The highest BCUT2D eigenvalue weighted by Gasteiger charge is 2.34. The van der Waals surface area contributed by atoms with Gasteiger partial charge in [0.05, 0.1) is 16.4 Å². The van der Waals surface area contributed by atoms with Crippen molar-refractivity contribution in [2.24, 2.45) is 11.1 Å². The average Bonchev–Trinajstić information content (AvgIpc) is 2.49. The van der Waals surface area contributed by atoms with E-state index in [1.807, 2.05) is 20.8 Å². The molecule has 22 heavy (non-hydrogen) atoms. The van der Waals surface area contributed by atoms with Crippen molar-refractivity contribution in [3.05, 3.63) is 39.9 Å². The molecule has 0 fully saturated rings. The van der Waals surface area contributed by atoms with Gasteiger partial charge in [-0.3, -0.25) is 14.9 Å². The number of hydrogen-bond donors (Lipinski definition) is 2. The van der Waals surface area contributed by atoms with Crippen molar-refractivity contribution in [3.8, 4) is 0 Å². The Morgan fingerprint density at radius 2 is 2.00 bits per heavy atom. The van der Waals surface area contributed by atoms with Crippen LogP contribution in [-0.4, -0.2) is 17.4 Å². The van der Waals surface area contributed by atoms with Crippen molar-refractivity contribution in [2.45, 2.75) is 39.7 Å². The predicted molar refractivity (Wildman–Crippen MR) is 89.0 cm³/mol. The van der Waals surface area contributed by atoms with Crippen LogP contribution in [0.3, 0.4) is 0 Å². The molecular weight excluding hydrogens is 306 g/mol. The monoisotopic (exact) mass is 329 g/mol. The summed E-state index contributed by atoms with van der Waals surface area (Å²) in [5.74, 6) is -0.103. The van der Waals surface area contributed by atoms with Crippen LogP contribution in [0.25, 0.3) is 0 Å². The largest absolute Gasteiger partial charge is 0.349 e. The van der Waals surface area contributed by atoms with Crippen LogP contribution in [0.15, 0.2) is 24.3 Å². The Morgan fingerprint density at radius 1 is 1.41 bits per heavy atom. The maximum atomic E-state index is 12.4. The molecule has 0 saturated heterocycles. The number of nitro groups is 1. The fourth-order valence-corrected chi connectivity index (χ4v) is 2.29. The number of nitrogens with zero attached hydrogens (tertiary/aromatic N) is 1. The number of non-ortho nitro benzene ring substituents is 1. The van der Waals surface area contributed by atoms with E-state index in [1.54, 1.807) is 12.1 Å². The molecule has 0 aromatic heterocycles.